The lowest BCUT2D eigenvalue weighted by Crippen LogP contribution is -2.61. The number of nitrogens with zero attached hydrogens (tertiary/aromatic N) is 3. The normalized spacial score (nSPS) is 20.5. The van der Waals surface area contributed by atoms with Gasteiger partial charge in [-0.25, -0.2) is 0 Å². The Kier molecular flexibility index (Phi) is 4.98. The number of hydrogen-bond acceptors (Lipinski definition) is 4. The van der Waals surface area contributed by atoms with Crippen LogP contribution in [0.15, 0.2) is 12.1 Å². The third kappa shape index (κ3) is 3.30. The van der Waals surface area contributed by atoms with Crippen molar-refractivity contribution in [1.82, 2.24) is 20.1 Å². The molecule has 1 aromatic heterocycles. The van der Waals surface area contributed by atoms with Gasteiger partial charge in [-0.2, -0.15) is 0 Å². The van der Waals surface area contributed by atoms with Gasteiger partial charge in [0.25, 0.3) is 5.91 Å². The van der Waals surface area contributed by atoms with Gasteiger partial charge in [0, 0.05) is 38.8 Å². The molecule has 3 rings (SSSR count). The molecule has 7 nitrogen and oxygen atoms in total. The van der Waals surface area contributed by atoms with Gasteiger partial charge in [0.05, 0.1) is 23.2 Å². The number of pyridine rings is 1. The molecule has 2 aliphatic rings. The fraction of sp³-hybridized carbons (Fsp3) is 0.579. The van der Waals surface area contributed by atoms with E-state index >= 15 is 0 Å². The molecular formula is C19H26N4O3. The van der Waals surface area contributed by atoms with Gasteiger partial charge in [0.15, 0.2) is 0 Å². The van der Waals surface area contributed by atoms with Crippen LogP contribution in [0.2, 0.25) is 0 Å². The Hall–Kier alpha value is -2.44. The lowest BCUT2D eigenvalue weighted by atomic mass is 9.99. The van der Waals surface area contributed by atoms with Crippen LogP contribution in [0.5, 0.6) is 0 Å². The third-order valence-electron chi connectivity index (χ3n) is 5.21. The highest BCUT2D eigenvalue weighted by Gasteiger charge is 2.43. The summed E-state index contributed by atoms with van der Waals surface area (Å²) in [6.07, 6.45) is 0.253. The minimum atomic E-state index is -0.286. The Morgan fingerprint density at radius 3 is 2.54 bits per heavy atom. The van der Waals surface area contributed by atoms with E-state index in [2.05, 4.69) is 10.3 Å². The summed E-state index contributed by atoms with van der Waals surface area (Å²) in [7, 11) is 1.58. The van der Waals surface area contributed by atoms with Gasteiger partial charge < -0.3 is 15.1 Å². The molecule has 1 N–H and O–H groups in total. The zero-order valence-electron chi connectivity index (χ0n) is 15.8. The fourth-order valence-corrected chi connectivity index (χ4v) is 3.65. The van der Waals surface area contributed by atoms with Crippen LogP contribution >= 0.6 is 0 Å². The third-order valence-corrected chi connectivity index (χ3v) is 5.21. The standard InChI is InChI=1S/C19H26N4O3/c1-11(2)17-15(6-5-12(3)21-17)19(26)22-9-14(10-22)23-8-13(7-16(23)24)18(25)20-4/h5-6,11,13-14H,7-10H2,1-4H3,(H,20,25). The summed E-state index contributed by atoms with van der Waals surface area (Å²) in [5, 5.41) is 2.60. The molecule has 0 aliphatic carbocycles. The van der Waals surface area contributed by atoms with Crippen LogP contribution in [-0.4, -0.2) is 65.2 Å². The van der Waals surface area contributed by atoms with Crippen molar-refractivity contribution < 1.29 is 14.4 Å². The van der Waals surface area contributed by atoms with Gasteiger partial charge in [-0.1, -0.05) is 13.8 Å². The molecule has 0 bridgehead atoms. The van der Waals surface area contributed by atoms with E-state index in [0.29, 0.717) is 25.2 Å². The summed E-state index contributed by atoms with van der Waals surface area (Å²) >= 11 is 0. The maximum absolute atomic E-state index is 12.8. The van der Waals surface area contributed by atoms with E-state index in [4.69, 9.17) is 0 Å². The van der Waals surface area contributed by atoms with Crippen molar-refractivity contribution in [3.05, 3.63) is 29.1 Å². The maximum atomic E-state index is 12.8. The minimum Gasteiger partial charge on any atom is -0.359 e. The molecule has 7 heteroatoms. The number of hydrogen-bond donors (Lipinski definition) is 1. The molecule has 3 heterocycles. The van der Waals surface area contributed by atoms with Crippen LogP contribution in [0, 0.1) is 12.8 Å². The Labute approximate surface area is 153 Å². The lowest BCUT2D eigenvalue weighted by molar-refractivity contribution is -0.132. The second-order valence-corrected chi connectivity index (χ2v) is 7.47. The molecule has 0 aromatic carbocycles. The van der Waals surface area contributed by atoms with E-state index < -0.39 is 0 Å². The van der Waals surface area contributed by atoms with Crippen molar-refractivity contribution >= 4 is 17.7 Å². The summed E-state index contributed by atoms with van der Waals surface area (Å²) in [6.45, 7) is 7.43. The van der Waals surface area contributed by atoms with Crippen LogP contribution in [0.4, 0.5) is 0 Å². The Morgan fingerprint density at radius 2 is 1.92 bits per heavy atom. The number of carbonyl (C=O) groups excluding carboxylic acids is 3. The van der Waals surface area contributed by atoms with Crippen molar-refractivity contribution in [3.63, 3.8) is 0 Å². The number of aryl methyl sites for hydroxylation is 1. The second-order valence-electron chi connectivity index (χ2n) is 7.47. The van der Waals surface area contributed by atoms with E-state index in [1.807, 2.05) is 32.9 Å². The Balaban J connectivity index is 1.65. The average Bonchev–Trinajstić information content (AvgIpc) is 2.94. The van der Waals surface area contributed by atoms with Crippen LogP contribution in [0.25, 0.3) is 0 Å². The molecule has 140 valence electrons. The molecule has 26 heavy (non-hydrogen) atoms. The molecular weight excluding hydrogens is 332 g/mol. The summed E-state index contributed by atoms with van der Waals surface area (Å²) < 4.78 is 0. The number of carbonyl (C=O) groups is 3. The highest BCUT2D eigenvalue weighted by molar-refractivity contribution is 5.96. The van der Waals surface area contributed by atoms with Crippen molar-refractivity contribution in [1.29, 1.82) is 0 Å². The number of rotatable bonds is 4. The molecule has 2 saturated heterocycles. The molecule has 2 fully saturated rings. The van der Waals surface area contributed by atoms with Crippen LogP contribution in [-0.2, 0) is 9.59 Å². The van der Waals surface area contributed by atoms with Crippen molar-refractivity contribution in [2.45, 2.75) is 39.2 Å². The fourth-order valence-electron chi connectivity index (χ4n) is 3.65. The summed E-state index contributed by atoms with van der Waals surface area (Å²) in [5.41, 5.74) is 2.35. The zero-order chi connectivity index (χ0) is 19.0. The average molecular weight is 358 g/mol. The maximum Gasteiger partial charge on any atom is 0.255 e. The number of nitrogens with one attached hydrogen (secondary N) is 1. The first-order valence-corrected chi connectivity index (χ1v) is 9.09. The van der Waals surface area contributed by atoms with Gasteiger partial charge in [0.2, 0.25) is 11.8 Å². The number of amides is 3. The van der Waals surface area contributed by atoms with Crippen molar-refractivity contribution in [2.24, 2.45) is 5.92 Å². The summed E-state index contributed by atoms with van der Waals surface area (Å²) in [5.74, 6) is -0.256. The largest absolute Gasteiger partial charge is 0.359 e. The first kappa shape index (κ1) is 18.4. The van der Waals surface area contributed by atoms with Crippen molar-refractivity contribution in [3.8, 4) is 0 Å². The van der Waals surface area contributed by atoms with Gasteiger partial charge in [-0.15, -0.1) is 0 Å². The summed E-state index contributed by atoms with van der Waals surface area (Å²) in [4.78, 5) is 44.8. The first-order chi connectivity index (χ1) is 12.3. The van der Waals surface area contributed by atoms with E-state index in [1.165, 1.54) is 0 Å². The zero-order valence-corrected chi connectivity index (χ0v) is 15.8. The molecule has 0 radical (unpaired) electrons. The van der Waals surface area contributed by atoms with Crippen LogP contribution in [0.3, 0.4) is 0 Å². The van der Waals surface area contributed by atoms with Gasteiger partial charge >= 0.3 is 0 Å². The minimum absolute atomic E-state index is 0.00186. The Bertz CT molecular complexity index is 740. The van der Waals surface area contributed by atoms with Gasteiger partial charge in [-0.3, -0.25) is 19.4 Å². The molecule has 0 spiro atoms. The highest BCUT2D eigenvalue weighted by atomic mass is 16.2. The molecule has 3 amide bonds. The molecule has 0 saturated carbocycles. The highest BCUT2D eigenvalue weighted by Crippen LogP contribution is 2.27. The first-order valence-electron chi connectivity index (χ1n) is 9.09. The monoisotopic (exact) mass is 358 g/mol. The summed E-state index contributed by atoms with van der Waals surface area (Å²) in [6, 6.07) is 3.70. The molecule has 2 aliphatic heterocycles. The number of likely N-dealkylation sites (tertiary alicyclic amines) is 2. The second kappa shape index (κ2) is 7.05. The molecule has 1 unspecified atom stereocenters. The van der Waals surface area contributed by atoms with E-state index in [0.717, 1.165) is 11.4 Å². The molecule has 1 atom stereocenters. The lowest BCUT2D eigenvalue weighted by Gasteiger charge is -2.44. The van der Waals surface area contributed by atoms with Gasteiger partial charge in [-0.05, 0) is 25.0 Å². The van der Waals surface area contributed by atoms with Crippen LogP contribution in [0.1, 0.15) is 47.9 Å². The predicted molar refractivity (Wildman–Crippen MR) is 96.6 cm³/mol. The predicted octanol–water partition coefficient (Wildman–Crippen LogP) is 0.932. The molecule has 1 aromatic rings. The quantitative estimate of drug-likeness (QED) is 0.868. The van der Waals surface area contributed by atoms with Crippen molar-refractivity contribution in [2.75, 3.05) is 26.7 Å². The SMILES string of the molecule is CNC(=O)C1CC(=O)N(C2CN(C(=O)c3ccc(C)nc3C(C)C)C2)C1. The van der Waals surface area contributed by atoms with Gasteiger partial charge in [0.1, 0.15) is 0 Å². The van der Waals surface area contributed by atoms with E-state index in [-0.39, 0.29) is 42.0 Å². The number of aromatic nitrogens is 1. The van der Waals surface area contributed by atoms with Crippen LogP contribution < -0.4 is 5.32 Å². The van der Waals surface area contributed by atoms with E-state index in [9.17, 15) is 14.4 Å². The smallest absolute Gasteiger partial charge is 0.255 e. The Morgan fingerprint density at radius 1 is 1.23 bits per heavy atom. The topological polar surface area (TPSA) is 82.6 Å². The van der Waals surface area contributed by atoms with E-state index in [1.54, 1.807) is 16.8 Å².